The molecule has 3 aromatic rings. The average molecular weight is 273 g/mol. The molecule has 1 heterocycles. The van der Waals surface area contributed by atoms with Gasteiger partial charge in [0.05, 0.1) is 11.0 Å². The first-order chi connectivity index (χ1) is 9.54. The van der Waals surface area contributed by atoms with Crippen LogP contribution < -0.4 is 0 Å². The topological polar surface area (TPSA) is 76.5 Å². The fraction of sp³-hybridized carbons (Fsp3) is 0. The molecule has 3 rings (SSSR count). The van der Waals surface area contributed by atoms with E-state index in [1.165, 1.54) is 18.2 Å². The minimum Gasteiger partial charge on any atom is -0.502 e. The molecular formula is C14H8FNO4. The first-order valence-corrected chi connectivity index (χ1v) is 5.71. The average Bonchev–Trinajstić information content (AvgIpc) is 2.81. The summed E-state index contributed by atoms with van der Waals surface area (Å²) in [4.78, 5) is 10.1. The van der Waals surface area contributed by atoms with Gasteiger partial charge in [-0.3, -0.25) is 10.1 Å². The van der Waals surface area contributed by atoms with Gasteiger partial charge in [0.1, 0.15) is 17.2 Å². The summed E-state index contributed by atoms with van der Waals surface area (Å²) in [6.45, 7) is 0. The molecule has 0 saturated carbocycles. The number of nitro groups is 1. The van der Waals surface area contributed by atoms with Gasteiger partial charge in [-0.25, -0.2) is 4.39 Å². The number of furan rings is 1. The highest BCUT2D eigenvalue weighted by Gasteiger charge is 2.17. The van der Waals surface area contributed by atoms with E-state index in [9.17, 15) is 19.6 Å². The molecule has 0 saturated heterocycles. The van der Waals surface area contributed by atoms with Crippen LogP contribution in [0.5, 0.6) is 5.75 Å². The van der Waals surface area contributed by atoms with E-state index in [0.717, 1.165) is 6.07 Å². The fourth-order valence-corrected chi connectivity index (χ4v) is 1.97. The summed E-state index contributed by atoms with van der Waals surface area (Å²) >= 11 is 0. The van der Waals surface area contributed by atoms with Crippen molar-refractivity contribution in [2.24, 2.45) is 0 Å². The third kappa shape index (κ3) is 1.97. The lowest BCUT2D eigenvalue weighted by Gasteiger charge is -1.95. The molecule has 1 aromatic heterocycles. The van der Waals surface area contributed by atoms with Crippen molar-refractivity contribution in [3.8, 4) is 17.1 Å². The number of nitrogens with zero attached hydrogens (tertiary/aromatic N) is 1. The van der Waals surface area contributed by atoms with Crippen LogP contribution in [0.15, 0.2) is 46.9 Å². The highest BCUT2D eigenvalue weighted by Crippen LogP contribution is 2.35. The van der Waals surface area contributed by atoms with E-state index in [1.54, 1.807) is 18.2 Å². The van der Waals surface area contributed by atoms with E-state index in [0.29, 0.717) is 16.7 Å². The van der Waals surface area contributed by atoms with E-state index in [2.05, 4.69) is 0 Å². The van der Waals surface area contributed by atoms with Gasteiger partial charge in [0.15, 0.2) is 5.75 Å². The van der Waals surface area contributed by atoms with Crippen LogP contribution in [0.1, 0.15) is 0 Å². The summed E-state index contributed by atoms with van der Waals surface area (Å²) in [7, 11) is 0. The Bertz CT molecular complexity index is 808. The molecule has 0 atom stereocenters. The first kappa shape index (κ1) is 12.2. The van der Waals surface area contributed by atoms with Crippen LogP contribution in [-0.4, -0.2) is 10.0 Å². The highest BCUT2D eigenvalue weighted by molar-refractivity contribution is 5.86. The maximum atomic E-state index is 12.9. The zero-order chi connectivity index (χ0) is 14.3. The summed E-state index contributed by atoms with van der Waals surface area (Å²) < 4.78 is 18.4. The zero-order valence-electron chi connectivity index (χ0n) is 10.0. The minimum atomic E-state index is -0.686. The van der Waals surface area contributed by atoms with Gasteiger partial charge in [-0.1, -0.05) is 0 Å². The van der Waals surface area contributed by atoms with Gasteiger partial charge in [0.25, 0.3) is 0 Å². The Kier molecular flexibility index (Phi) is 2.64. The second-order valence-electron chi connectivity index (χ2n) is 4.25. The normalized spacial score (nSPS) is 10.8. The lowest BCUT2D eigenvalue weighted by molar-refractivity contribution is -0.385. The van der Waals surface area contributed by atoms with E-state index < -0.39 is 16.4 Å². The van der Waals surface area contributed by atoms with Crippen LogP contribution in [0.3, 0.4) is 0 Å². The van der Waals surface area contributed by atoms with Crippen LogP contribution in [0.4, 0.5) is 10.1 Å². The Morgan fingerprint density at radius 2 is 1.85 bits per heavy atom. The Morgan fingerprint density at radius 1 is 1.15 bits per heavy atom. The first-order valence-electron chi connectivity index (χ1n) is 5.71. The SMILES string of the molecule is O=[N+]([O-])c1cc2oc(-c3ccc(F)cc3)cc2cc1O. The molecule has 0 amide bonds. The van der Waals surface area contributed by atoms with Crippen LogP contribution in [0.25, 0.3) is 22.3 Å². The monoisotopic (exact) mass is 273 g/mol. The summed E-state index contributed by atoms with van der Waals surface area (Å²) in [6.07, 6.45) is 0. The standard InChI is InChI=1S/C14H8FNO4/c15-10-3-1-8(2-4-10)13-6-9-5-12(17)11(16(18)19)7-14(9)20-13/h1-7,17H. The molecule has 0 aliphatic rings. The predicted molar refractivity (Wildman–Crippen MR) is 69.9 cm³/mol. The number of nitro benzene ring substituents is 1. The number of rotatable bonds is 2. The van der Waals surface area contributed by atoms with E-state index in [1.807, 2.05) is 0 Å². The van der Waals surface area contributed by atoms with Crippen molar-refractivity contribution in [1.82, 2.24) is 0 Å². The lowest BCUT2D eigenvalue weighted by atomic mass is 10.1. The van der Waals surface area contributed by atoms with Gasteiger partial charge in [-0.15, -0.1) is 0 Å². The second kappa shape index (κ2) is 4.34. The molecule has 0 unspecified atom stereocenters. The Labute approximate surface area is 112 Å². The Balaban J connectivity index is 2.15. The predicted octanol–water partition coefficient (Wildman–Crippen LogP) is 3.85. The molecule has 0 aliphatic carbocycles. The van der Waals surface area contributed by atoms with E-state index in [-0.39, 0.29) is 11.4 Å². The molecular weight excluding hydrogens is 265 g/mol. The van der Waals surface area contributed by atoms with Gasteiger partial charge in [0.2, 0.25) is 0 Å². The number of aromatic hydroxyl groups is 1. The maximum absolute atomic E-state index is 12.9. The smallest absolute Gasteiger partial charge is 0.314 e. The molecule has 0 aliphatic heterocycles. The molecule has 0 radical (unpaired) electrons. The van der Waals surface area contributed by atoms with Crippen LogP contribution in [0, 0.1) is 15.9 Å². The van der Waals surface area contributed by atoms with Crippen molar-refractivity contribution in [3.63, 3.8) is 0 Å². The lowest BCUT2D eigenvalue weighted by Crippen LogP contribution is -1.87. The summed E-state index contributed by atoms with van der Waals surface area (Å²) in [5, 5.41) is 20.8. The number of phenolic OH excluding ortho intramolecular Hbond substituents is 1. The molecule has 100 valence electrons. The number of halogens is 1. The fourth-order valence-electron chi connectivity index (χ4n) is 1.97. The van der Waals surface area contributed by atoms with Crippen LogP contribution in [0.2, 0.25) is 0 Å². The third-order valence-corrected chi connectivity index (χ3v) is 2.94. The minimum absolute atomic E-state index is 0.286. The van der Waals surface area contributed by atoms with Crippen molar-refractivity contribution in [1.29, 1.82) is 0 Å². The summed E-state index contributed by atoms with van der Waals surface area (Å²) in [5.74, 6) is -0.341. The van der Waals surface area contributed by atoms with Gasteiger partial charge < -0.3 is 9.52 Å². The highest BCUT2D eigenvalue weighted by atomic mass is 19.1. The molecule has 1 N–H and O–H groups in total. The van der Waals surface area contributed by atoms with Gasteiger partial charge >= 0.3 is 5.69 Å². The second-order valence-corrected chi connectivity index (χ2v) is 4.25. The van der Waals surface area contributed by atoms with Crippen molar-refractivity contribution >= 4 is 16.7 Å². The summed E-state index contributed by atoms with van der Waals surface area (Å²) in [6, 6.07) is 9.74. The van der Waals surface area contributed by atoms with Crippen LogP contribution in [-0.2, 0) is 0 Å². The molecule has 2 aromatic carbocycles. The molecule has 5 nitrogen and oxygen atoms in total. The van der Waals surface area contributed by atoms with Crippen molar-refractivity contribution in [2.75, 3.05) is 0 Å². The number of phenols is 1. The third-order valence-electron chi connectivity index (χ3n) is 2.94. The zero-order valence-corrected chi connectivity index (χ0v) is 10.0. The molecule has 0 fully saturated rings. The largest absolute Gasteiger partial charge is 0.502 e. The number of hydrogen-bond acceptors (Lipinski definition) is 4. The van der Waals surface area contributed by atoms with Gasteiger partial charge in [0, 0.05) is 10.9 Å². The Hall–Kier alpha value is -2.89. The van der Waals surface area contributed by atoms with Crippen molar-refractivity contribution in [3.05, 3.63) is 58.4 Å². The molecule has 0 spiro atoms. The van der Waals surface area contributed by atoms with E-state index in [4.69, 9.17) is 4.42 Å². The summed E-state index contributed by atoms with van der Waals surface area (Å²) in [5.41, 5.74) is 0.510. The van der Waals surface area contributed by atoms with Gasteiger partial charge in [-0.05, 0) is 36.4 Å². The number of benzene rings is 2. The Morgan fingerprint density at radius 3 is 2.50 bits per heavy atom. The van der Waals surface area contributed by atoms with Crippen molar-refractivity contribution < 1.29 is 18.8 Å². The molecule has 6 heteroatoms. The quantitative estimate of drug-likeness (QED) is 0.568. The number of fused-ring (bicyclic) bond motifs is 1. The van der Waals surface area contributed by atoms with Crippen molar-refractivity contribution in [2.45, 2.75) is 0 Å². The van der Waals surface area contributed by atoms with E-state index >= 15 is 0 Å². The molecule has 20 heavy (non-hydrogen) atoms. The van der Waals surface area contributed by atoms with Crippen LogP contribution >= 0.6 is 0 Å². The maximum Gasteiger partial charge on any atom is 0.314 e. The van der Waals surface area contributed by atoms with Gasteiger partial charge in [-0.2, -0.15) is 0 Å². The molecule has 0 bridgehead atoms. The number of hydrogen-bond donors (Lipinski definition) is 1.